The van der Waals surface area contributed by atoms with Crippen molar-refractivity contribution < 1.29 is 4.79 Å². The van der Waals surface area contributed by atoms with Gasteiger partial charge >= 0.3 is 6.03 Å². The number of carbonyl (C=O) groups is 1. The zero-order chi connectivity index (χ0) is 16.9. The Morgan fingerprint density at radius 2 is 1.96 bits per heavy atom. The predicted octanol–water partition coefficient (Wildman–Crippen LogP) is 4.02. The van der Waals surface area contributed by atoms with E-state index in [0.717, 1.165) is 21.7 Å². The molecule has 4 N–H and O–H groups in total. The third-order valence-corrected chi connectivity index (χ3v) is 4.58. The molecule has 0 atom stereocenters. The average Bonchev–Trinajstić information content (AvgIpc) is 2.94. The summed E-state index contributed by atoms with van der Waals surface area (Å²) < 4.78 is 0. The zero-order valence-electron chi connectivity index (χ0n) is 13.2. The second-order valence-corrected chi connectivity index (χ2v) is 6.35. The molecule has 3 rings (SSSR count). The number of anilines is 2. The molecule has 1 aromatic heterocycles. The molecule has 2 amide bonds. The molecule has 6 heteroatoms. The summed E-state index contributed by atoms with van der Waals surface area (Å²) >= 11 is 1.43. The van der Waals surface area contributed by atoms with Gasteiger partial charge in [-0.2, -0.15) is 0 Å². The van der Waals surface area contributed by atoms with Crippen molar-refractivity contribution in [1.29, 1.82) is 0 Å². The number of hydrogen-bond donors (Lipinski definition) is 3. The number of hydrogen-bond acceptors (Lipinski definition) is 4. The maximum atomic E-state index is 12.0. The lowest BCUT2D eigenvalue weighted by Gasteiger charge is -2.05. The second kappa shape index (κ2) is 7.14. The van der Waals surface area contributed by atoms with E-state index in [4.69, 9.17) is 5.73 Å². The molecule has 0 radical (unpaired) electrons. The Labute approximate surface area is 144 Å². The standard InChI is InChI=1S/C18H18N4OS/c1-12-16(14-8-5-9-15(19)10-14)24-18(21-12)22-17(23)20-11-13-6-3-2-4-7-13/h2-10H,11,19H2,1H3,(H2,20,21,22,23). The number of nitrogens with zero attached hydrogens (tertiary/aromatic N) is 1. The normalized spacial score (nSPS) is 10.4. The zero-order valence-corrected chi connectivity index (χ0v) is 14.1. The molecule has 0 saturated carbocycles. The SMILES string of the molecule is Cc1nc(NC(=O)NCc2ccccc2)sc1-c1cccc(N)c1. The monoisotopic (exact) mass is 338 g/mol. The Morgan fingerprint density at radius 1 is 1.17 bits per heavy atom. The molecule has 1 heterocycles. The van der Waals surface area contributed by atoms with Gasteiger partial charge in [-0.3, -0.25) is 5.32 Å². The van der Waals surface area contributed by atoms with Gasteiger partial charge in [0.15, 0.2) is 5.13 Å². The van der Waals surface area contributed by atoms with Crippen LogP contribution in [0.5, 0.6) is 0 Å². The van der Waals surface area contributed by atoms with E-state index in [9.17, 15) is 4.79 Å². The highest BCUT2D eigenvalue weighted by molar-refractivity contribution is 7.19. The lowest BCUT2D eigenvalue weighted by atomic mass is 10.1. The summed E-state index contributed by atoms with van der Waals surface area (Å²) in [5, 5.41) is 6.17. The van der Waals surface area contributed by atoms with Crippen LogP contribution in [0, 0.1) is 6.92 Å². The summed E-state index contributed by atoms with van der Waals surface area (Å²) in [6, 6.07) is 17.1. The number of benzene rings is 2. The van der Waals surface area contributed by atoms with Crippen LogP contribution in [0.3, 0.4) is 0 Å². The molecular weight excluding hydrogens is 320 g/mol. The molecule has 0 aliphatic heterocycles. The van der Waals surface area contributed by atoms with Crippen LogP contribution in [0.1, 0.15) is 11.3 Å². The highest BCUT2D eigenvalue weighted by Gasteiger charge is 2.12. The maximum absolute atomic E-state index is 12.0. The van der Waals surface area contributed by atoms with E-state index in [1.54, 1.807) is 0 Å². The third kappa shape index (κ3) is 3.91. The van der Waals surface area contributed by atoms with E-state index in [1.165, 1.54) is 11.3 Å². The molecule has 0 unspecified atom stereocenters. The highest BCUT2D eigenvalue weighted by atomic mass is 32.1. The number of aromatic nitrogens is 1. The summed E-state index contributed by atoms with van der Waals surface area (Å²) in [5.41, 5.74) is 9.45. The molecule has 122 valence electrons. The molecule has 0 bridgehead atoms. The van der Waals surface area contributed by atoms with Crippen LogP contribution >= 0.6 is 11.3 Å². The molecule has 0 fully saturated rings. The summed E-state index contributed by atoms with van der Waals surface area (Å²) in [6.45, 7) is 2.39. The van der Waals surface area contributed by atoms with E-state index in [0.29, 0.717) is 17.4 Å². The van der Waals surface area contributed by atoms with Gasteiger partial charge in [0.25, 0.3) is 0 Å². The van der Waals surface area contributed by atoms with Crippen molar-refractivity contribution in [2.24, 2.45) is 0 Å². The van der Waals surface area contributed by atoms with Gasteiger partial charge in [0.1, 0.15) is 0 Å². The van der Waals surface area contributed by atoms with E-state index >= 15 is 0 Å². The molecule has 0 aliphatic rings. The minimum Gasteiger partial charge on any atom is -0.399 e. The first kappa shape index (κ1) is 16.0. The van der Waals surface area contributed by atoms with Gasteiger partial charge in [-0.25, -0.2) is 9.78 Å². The Balaban J connectivity index is 1.65. The van der Waals surface area contributed by atoms with E-state index in [1.807, 2.05) is 61.5 Å². The molecular formula is C18H18N4OS. The number of carbonyl (C=O) groups excluding carboxylic acids is 1. The van der Waals surface area contributed by atoms with Gasteiger partial charge in [-0.15, -0.1) is 0 Å². The van der Waals surface area contributed by atoms with Crippen molar-refractivity contribution in [3.05, 3.63) is 65.9 Å². The van der Waals surface area contributed by atoms with Crippen molar-refractivity contribution in [2.75, 3.05) is 11.1 Å². The van der Waals surface area contributed by atoms with Crippen LogP contribution in [0.15, 0.2) is 54.6 Å². The van der Waals surface area contributed by atoms with E-state index in [-0.39, 0.29) is 6.03 Å². The first-order chi connectivity index (χ1) is 11.6. The molecule has 0 spiro atoms. The number of nitrogens with one attached hydrogen (secondary N) is 2. The van der Waals surface area contributed by atoms with Crippen molar-refractivity contribution in [2.45, 2.75) is 13.5 Å². The number of rotatable bonds is 4. The number of aryl methyl sites for hydroxylation is 1. The Kier molecular flexibility index (Phi) is 4.77. The lowest BCUT2D eigenvalue weighted by molar-refractivity contribution is 0.251. The largest absolute Gasteiger partial charge is 0.399 e. The molecule has 5 nitrogen and oxygen atoms in total. The topological polar surface area (TPSA) is 80.0 Å². The van der Waals surface area contributed by atoms with Gasteiger partial charge < -0.3 is 11.1 Å². The number of amides is 2. The average molecular weight is 338 g/mol. The molecule has 0 aliphatic carbocycles. The first-order valence-corrected chi connectivity index (χ1v) is 8.35. The van der Waals surface area contributed by atoms with E-state index in [2.05, 4.69) is 15.6 Å². The van der Waals surface area contributed by atoms with Crippen LogP contribution in [0.4, 0.5) is 15.6 Å². The first-order valence-electron chi connectivity index (χ1n) is 7.54. The molecule has 24 heavy (non-hydrogen) atoms. The van der Waals surface area contributed by atoms with Gasteiger partial charge in [-0.05, 0) is 30.2 Å². The minimum absolute atomic E-state index is 0.272. The van der Waals surface area contributed by atoms with Crippen molar-refractivity contribution in [1.82, 2.24) is 10.3 Å². The van der Waals surface area contributed by atoms with Crippen LogP contribution in [-0.2, 0) is 6.54 Å². The summed E-state index contributed by atoms with van der Waals surface area (Å²) in [6.07, 6.45) is 0. The van der Waals surface area contributed by atoms with Crippen LogP contribution in [0.25, 0.3) is 10.4 Å². The maximum Gasteiger partial charge on any atom is 0.321 e. The van der Waals surface area contributed by atoms with Crippen LogP contribution in [-0.4, -0.2) is 11.0 Å². The van der Waals surface area contributed by atoms with Crippen molar-refractivity contribution in [3.8, 4) is 10.4 Å². The Morgan fingerprint density at radius 3 is 2.71 bits per heavy atom. The quantitative estimate of drug-likeness (QED) is 0.629. The third-order valence-electron chi connectivity index (χ3n) is 3.46. The van der Waals surface area contributed by atoms with Crippen molar-refractivity contribution in [3.63, 3.8) is 0 Å². The smallest absolute Gasteiger partial charge is 0.321 e. The van der Waals surface area contributed by atoms with Gasteiger partial charge in [0, 0.05) is 12.2 Å². The summed E-state index contributed by atoms with van der Waals surface area (Å²) in [4.78, 5) is 17.4. The number of urea groups is 1. The van der Waals surface area contributed by atoms with Gasteiger partial charge in [-0.1, -0.05) is 53.8 Å². The lowest BCUT2D eigenvalue weighted by Crippen LogP contribution is -2.28. The number of nitrogen functional groups attached to an aromatic ring is 1. The van der Waals surface area contributed by atoms with Gasteiger partial charge in [0.05, 0.1) is 10.6 Å². The fraction of sp³-hybridized carbons (Fsp3) is 0.111. The van der Waals surface area contributed by atoms with E-state index < -0.39 is 0 Å². The fourth-order valence-electron chi connectivity index (χ4n) is 2.32. The summed E-state index contributed by atoms with van der Waals surface area (Å²) in [7, 11) is 0. The summed E-state index contributed by atoms with van der Waals surface area (Å²) in [5.74, 6) is 0. The second-order valence-electron chi connectivity index (χ2n) is 5.35. The molecule has 0 saturated heterocycles. The van der Waals surface area contributed by atoms with Crippen LogP contribution in [0.2, 0.25) is 0 Å². The molecule has 2 aromatic carbocycles. The Bertz CT molecular complexity index is 845. The van der Waals surface area contributed by atoms with Crippen LogP contribution < -0.4 is 16.4 Å². The number of thiazole rings is 1. The fourth-order valence-corrected chi connectivity index (χ4v) is 3.27. The minimum atomic E-state index is -0.272. The van der Waals surface area contributed by atoms with Gasteiger partial charge in [0.2, 0.25) is 0 Å². The predicted molar refractivity (Wildman–Crippen MR) is 99.0 cm³/mol. The number of nitrogens with two attached hydrogens (primary N) is 1. The Hall–Kier alpha value is -2.86. The van der Waals surface area contributed by atoms with Crippen molar-refractivity contribution >= 4 is 28.2 Å². The highest BCUT2D eigenvalue weighted by Crippen LogP contribution is 2.33. The molecule has 3 aromatic rings.